The molecule has 0 radical (unpaired) electrons. The summed E-state index contributed by atoms with van der Waals surface area (Å²) in [5, 5.41) is 6.16. The zero-order valence-electron chi connectivity index (χ0n) is 15.0. The molecule has 1 aromatic carbocycles. The SMILES string of the molecule is CN=C(NCc1ccccn1)NCc1ccc(C)cc1OCC(F)(F)F.I. The molecule has 27 heavy (non-hydrogen) atoms. The van der Waals surface area contributed by atoms with Crippen molar-refractivity contribution in [1.82, 2.24) is 15.6 Å². The molecule has 0 amide bonds. The second-order valence-electron chi connectivity index (χ2n) is 5.62. The first kappa shape index (κ1) is 23.0. The van der Waals surface area contributed by atoms with E-state index in [1.165, 1.54) is 0 Å². The topological polar surface area (TPSA) is 58.5 Å². The van der Waals surface area contributed by atoms with Gasteiger partial charge in [-0.05, 0) is 30.7 Å². The van der Waals surface area contributed by atoms with Gasteiger partial charge in [0.1, 0.15) is 5.75 Å². The first-order valence-corrected chi connectivity index (χ1v) is 8.01. The van der Waals surface area contributed by atoms with Crippen LogP contribution in [0.25, 0.3) is 0 Å². The van der Waals surface area contributed by atoms with Crippen molar-refractivity contribution in [3.05, 3.63) is 59.4 Å². The molecule has 0 aliphatic rings. The fourth-order valence-electron chi connectivity index (χ4n) is 2.18. The highest BCUT2D eigenvalue weighted by molar-refractivity contribution is 14.0. The van der Waals surface area contributed by atoms with Gasteiger partial charge in [-0.25, -0.2) is 0 Å². The van der Waals surface area contributed by atoms with Crippen LogP contribution in [0.1, 0.15) is 16.8 Å². The lowest BCUT2D eigenvalue weighted by molar-refractivity contribution is -0.153. The summed E-state index contributed by atoms with van der Waals surface area (Å²) < 4.78 is 42.2. The van der Waals surface area contributed by atoms with Gasteiger partial charge in [0, 0.05) is 25.4 Å². The summed E-state index contributed by atoms with van der Waals surface area (Å²) in [6.07, 6.45) is -2.68. The van der Waals surface area contributed by atoms with Crippen molar-refractivity contribution in [2.24, 2.45) is 4.99 Å². The molecular weight excluding hydrogens is 472 g/mol. The standard InChI is InChI=1S/C18H21F3N4O.HI/c1-13-6-7-14(16(9-13)26-12-18(19,20)21)10-24-17(22-2)25-11-15-5-3-4-8-23-15;/h3-9H,10-12H2,1-2H3,(H2,22,24,25);1H. The molecule has 0 spiro atoms. The number of pyridine rings is 1. The minimum absolute atomic E-state index is 0. The Hall–Kier alpha value is -2.04. The Morgan fingerprint density at radius 3 is 2.52 bits per heavy atom. The maximum Gasteiger partial charge on any atom is 0.422 e. The first-order chi connectivity index (χ1) is 12.4. The van der Waals surface area contributed by atoms with Crippen molar-refractivity contribution >= 4 is 29.9 Å². The van der Waals surface area contributed by atoms with Crippen molar-refractivity contribution in [2.45, 2.75) is 26.2 Å². The van der Waals surface area contributed by atoms with Gasteiger partial charge in [-0.1, -0.05) is 18.2 Å². The quantitative estimate of drug-likeness (QED) is 0.365. The van der Waals surface area contributed by atoms with Gasteiger partial charge >= 0.3 is 6.18 Å². The Bertz CT molecular complexity index is 739. The third kappa shape index (κ3) is 8.46. The number of aromatic nitrogens is 1. The lowest BCUT2D eigenvalue weighted by Gasteiger charge is -2.16. The van der Waals surface area contributed by atoms with E-state index in [-0.39, 0.29) is 36.3 Å². The number of nitrogens with zero attached hydrogens (tertiary/aromatic N) is 2. The number of rotatable bonds is 6. The molecule has 0 saturated heterocycles. The molecule has 0 atom stereocenters. The van der Waals surface area contributed by atoms with E-state index >= 15 is 0 Å². The number of alkyl halides is 3. The van der Waals surface area contributed by atoms with Gasteiger partial charge in [0.25, 0.3) is 0 Å². The van der Waals surface area contributed by atoms with Crippen LogP contribution in [0.15, 0.2) is 47.6 Å². The van der Waals surface area contributed by atoms with Gasteiger partial charge in [-0.15, -0.1) is 24.0 Å². The number of aryl methyl sites for hydroxylation is 1. The van der Waals surface area contributed by atoms with Crippen LogP contribution in [-0.2, 0) is 13.1 Å². The van der Waals surface area contributed by atoms with Crippen LogP contribution in [0.3, 0.4) is 0 Å². The lowest BCUT2D eigenvalue weighted by Crippen LogP contribution is -2.36. The van der Waals surface area contributed by atoms with E-state index in [9.17, 15) is 13.2 Å². The predicted molar refractivity (Wildman–Crippen MR) is 109 cm³/mol. The van der Waals surface area contributed by atoms with Crippen LogP contribution in [0.4, 0.5) is 13.2 Å². The predicted octanol–water partition coefficient (Wildman–Crippen LogP) is 3.81. The molecule has 0 aliphatic heterocycles. The fourth-order valence-corrected chi connectivity index (χ4v) is 2.18. The zero-order chi connectivity index (χ0) is 19.0. The first-order valence-electron chi connectivity index (χ1n) is 8.01. The summed E-state index contributed by atoms with van der Waals surface area (Å²) in [4.78, 5) is 8.30. The second-order valence-corrected chi connectivity index (χ2v) is 5.62. The molecule has 2 aromatic rings. The van der Waals surface area contributed by atoms with Crippen molar-refractivity contribution < 1.29 is 17.9 Å². The van der Waals surface area contributed by atoms with Crippen LogP contribution < -0.4 is 15.4 Å². The Morgan fingerprint density at radius 2 is 1.89 bits per heavy atom. The molecule has 2 rings (SSSR count). The van der Waals surface area contributed by atoms with Gasteiger partial charge in [0.2, 0.25) is 0 Å². The Balaban J connectivity index is 0.00000364. The summed E-state index contributed by atoms with van der Waals surface area (Å²) in [5.74, 6) is 0.716. The summed E-state index contributed by atoms with van der Waals surface area (Å²) >= 11 is 0. The molecule has 0 fully saturated rings. The van der Waals surface area contributed by atoms with E-state index in [0.717, 1.165) is 11.3 Å². The molecule has 5 nitrogen and oxygen atoms in total. The molecule has 2 N–H and O–H groups in total. The third-order valence-corrected chi connectivity index (χ3v) is 3.45. The number of hydrogen-bond acceptors (Lipinski definition) is 3. The van der Waals surface area contributed by atoms with Gasteiger partial charge in [0.05, 0.1) is 12.2 Å². The number of benzene rings is 1. The van der Waals surface area contributed by atoms with Crippen molar-refractivity contribution in [3.63, 3.8) is 0 Å². The minimum atomic E-state index is -4.38. The van der Waals surface area contributed by atoms with Crippen molar-refractivity contribution in [2.75, 3.05) is 13.7 Å². The lowest BCUT2D eigenvalue weighted by atomic mass is 10.1. The molecule has 0 aliphatic carbocycles. The van der Waals surface area contributed by atoms with Gasteiger partial charge < -0.3 is 15.4 Å². The van der Waals surface area contributed by atoms with Crippen LogP contribution in [0, 0.1) is 6.92 Å². The second kappa shape index (κ2) is 11.0. The molecule has 9 heteroatoms. The van der Waals surface area contributed by atoms with Crippen LogP contribution in [0.2, 0.25) is 0 Å². The van der Waals surface area contributed by atoms with E-state index in [0.29, 0.717) is 18.1 Å². The highest BCUT2D eigenvalue weighted by atomic mass is 127. The monoisotopic (exact) mass is 494 g/mol. The van der Waals surface area contributed by atoms with Crippen LogP contribution in [0.5, 0.6) is 5.75 Å². The van der Waals surface area contributed by atoms with Gasteiger partial charge in [0.15, 0.2) is 12.6 Å². The average Bonchev–Trinajstić information content (AvgIpc) is 2.61. The highest BCUT2D eigenvalue weighted by Crippen LogP contribution is 2.23. The highest BCUT2D eigenvalue weighted by Gasteiger charge is 2.28. The number of aliphatic imine (C=N–C) groups is 1. The normalized spacial score (nSPS) is 11.5. The summed E-state index contributed by atoms with van der Waals surface area (Å²) in [6, 6.07) is 10.7. The molecule has 0 saturated carbocycles. The molecular formula is C18H22F3IN4O. The van der Waals surface area contributed by atoms with E-state index in [1.54, 1.807) is 32.3 Å². The van der Waals surface area contributed by atoms with Crippen LogP contribution in [-0.4, -0.2) is 30.8 Å². The van der Waals surface area contributed by atoms with E-state index < -0.39 is 12.8 Å². The third-order valence-electron chi connectivity index (χ3n) is 3.45. The van der Waals surface area contributed by atoms with E-state index in [2.05, 4.69) is 20.6 Å². The largest absolute Gasteiger partial charge is 0.484 e. The summed E-state index contributed by atoms with van der Waals surface area (Å²) in [6.45, 7) is 1.22. The number of guanidine groups is 1. The molecule has 0 unspecified atom stereocenters. The number of ether oxygens (including phenoxy) is 1. The summed E-state index contributed by atoms with van der Waals surface area (Å²) in [7, 11) is 1.62. The fraction of sp³-hybridized carbons (Fsp3) is 0.333. The van der Waals surface area contributed by atoms with Crippen molar-refractivity contribution in [1.29, 1.82) is 0 Å². The van der Waals surface area contributed by atoms with Crippen molar-refractivity contribution in [3.8, 4) is 5.75 Å². The maximum absolute atomic E-state index is 12.4. The van der Waals surface area contributed by atoms with Crippen LogP contribution >= 0.6 is 24.0 Å². The zero-order valence-corrected chi connectivity index (χ0v) is 17.3. The molecule has 0 bridgehead atoms. The molecule has 1 heterocycles. The smallest absolute Gasteiger partial charge is 0.422 e. The number of nitrogens with one attached hydrogen (secondary N) is 2. The van der Waals surface area contributed by atoms with E-state index in [1.807, 2.05) is 24.3 Å². The Morgan fingerprint density at radius 1 is 1.15 bits per heavy atom. The molecule has 148 valence electrons. The van der Waals surface area contributed by atoms with Gasteiger partial charge in [-0.3, -0.25) is 9.98 Å². The summed E-state index contributed by atoms with van der Waals surface area (Å²) in [5.41, 5.74) is 2.28. The maximum atomic E-state index is 12.4. The average molecular weight is 494 g/mol. The Kier molecular flexibility index (Phi) is 9.33. The Labute approximate surface area is 173 Å². The van der Waals surface area contributed by atoms with Gasteiger partial charge in [-0.2, -0.15) is 13.2 Å². The number of hydrogen-bond donors (Lipinski definition) is 2. The molecule has 1 aromatic heterocycles. The number of halogens is 4. The minimum Gasteiger partial charge on any atom is -0.484 e. The van der Waals surface area contributed by atoms with E-state index in [4.69, 9.17) is 4.74 Å².